The summed E-state index contributed by atoms with van der Waals surface area (Å²) >= 11 is 0. The summed E-state index contributed by atoms with van der Waals surface area (Å²) in [5, 5.41) is 5.73. The van der Waals surface area contributed by atoms with Crippen LogP contribution in [0, 0.1) is 10.8 Å². The number of hydrogen-bond acceptors (Lipinski definition) is 3. The van der Waals surface area contributed by atoms with Gasteiger partial charge in [-0.25, -0.2) is 0 Å². The molecule has 1 aliphatic rings. The molecule has 1 saturated carbocycles. The second-order valence-electron chi connectivity index (χ2n) is 6.72. The fourth-order valence-corrected chi connectivity index (χ4v) is 1.93. The molecular weight excluding hydrogens is 266 g/mol. The largest absolute Gasteiger partial charge is 0.329 e. The molecule has 0 radical (unpaired) electrons. The molecule has 5 nitrogen and oxygen atoms in total. The van der Waals surface area contributed by atoms with Gasteiger partial charge in [-0.05, 0) is 31.0 Å². The maximum atomic E-state index is 12.1. The van der Waals surface area contributed by atoms with Gasteiger partial charge in [0.05, 0.1) is 5.41 Å². The molecule has 1 aromatic rings. The lowest BCUT2D eigenvalue weighted by Crippen LogP contribution is -2.31. The molecule has 0 saturated heterocycles. The van der Waals surface area contributed by atoms with Crippen LogP contribution in [0.4, 0.5) is 11.4 Å². The Morgan fingerprint density at radius 3 is 2.24 bits per heavy atom. The van der Waals surface area contributed by atoms with E-state index in [0.29, 0.717) is 17.9 Å². The Bertz CT molecular complexity index is 557. The lowest BCUT2D eigenvalue weighted by molar-refractivity contribution is -0.123. The molecule has 0 atom stereocenters. The van der Waals surface area contributed by atoms with Crippen LogP contribution in [0.15, 0.2) is 24.3 Å². The molecule has 5 heteroatoms. The predicted octanol–water partition coefficient (Wildman–Crippen LogP) is 2.35. The number of carbonyl (C=O) groups excluding carboxylic acids is 2. The quantitative estimate of drug-likeness (QED) is 0.795. The van der Waals surface area contributed by atoms with Crippen molar-refractivity contribution in [2.45, 2.75) is 33.6 Å². The van der Waals surface area contributed by atoms with Crippen molar-refractivity contribution in [3.63, 3.8) is 0 Å². The van der Waals surface area contributed by atoms with E-state index in [2.05, 4.69) is 10.6 Å². The summed E-state index contributed by atoms with van der Waals surface area (Å²) in [6.45, 7) is 5.93. The number of benzene rings is 1. The van der Waals surface area contributed by atoms with Gasteiger partial charge in [-0.15, -0.1) is 0 Å². The fraction of sp³-hybridized carbons (Fsp3) is 0.500. The Balaban J connectivity index is 2.05. The summed E-state index contributed by atoms with van der Waals surface area (Å²) in [5.74, 6) is -0.101. The van der Waals surface area contributed by atoms with Crippen LogP contribution < -0.4 is 16.4 Å². The van der Waals surface area contributed by atoms with Gasteiger partial charge in [-0.2, -0.15) is 0 Å². The van der Waals surface area contributed by atoms with Crippen LogP contribution >= 0.6 is 0 Å². The van der Waals surface area contributed by atoms with E-state index in [0.717, 1.165) is 12.8 Å². The number of anilines is 2. The third-order valence-electron chi connectivity index (χ3n) is 3.79. The minimum Gasteiger partial charge on any atom is -0.329 e. The second-order valence-corrected chi connectivity index (χ2v) is 6.72. The van der Waals surface area contributed by atoms with E-state index in [1.807, 2.05) is 20.8 Å². The molecule has 0 spiro atoms. The molecular formula is C16H23N3O2. The van der Waals surface area contributed by atoms with Gasteiger partial charge in [0.2, 0.25) is 11.8 Å². The van der Waals surface area contributed by atoms with Crippen LogP contribution in [0.25, 0.3) is 0 Å². The summed E-state index contributed by atoms with van der Waals surface area (Å²) in [4.78, 5) is 24.1. The lowest BCUT2D eigenvalue weighted by atomic mass is 9.95. The van der Waals surface area contributed by atoms with Crippen molar-refractivity contribution in [1.82, 2.24) is 0 Å². The molecule has 4 N–H and O–H groups in total. The van der Waals surface area contributed by atoms with Gasteiger partial charge >= 0.3 is 0 Å². The van der Waals surface area contributed by atoms with E-state index in [-0.39, 0.29) is 17.2 Å². The summed E-state index contributed by atoms with van der Waals surface area (Å²) in [7, 11) is 0. The van der Waals surface area contributed by atoms with Crippen molar-refractivity contribution in [3.05, 3.63) is 24.3 Å². The maximum absolute atomic E-state index is 12.1. The van der Waals surface area contributed by atoms with Crippen LogP contribution in [0.5, 0.6) is 0 Å². The van der Waals surface area contributed by atoms with Crippen LogP contribution in [0.2, 0.25) is 0 Å². The van der Waals surface area contributed by atoms with E-state index in [1.54, 1.807) is 24.3 Å². The molecule has 0 unspecified atom stereocenters. The Kier molecular flexibility index (Phi) is 4.05. The average Bonchev–Trinajstić information content (AvgIpc) is 3.19. The van der Waals surface area contributed by atoms with Crippen molar-refractivity contribution in [1.29, 1.82) is 0 Å². The van der Waals surface area contributed by atoms with E-state index < -0.39 is 5.41 Å². The van der Waals surface area contributed by atoms with Gasteiger partial charge in [0.1, 0.15) is 0 Å². The third-order valence-corrected chi connectivity index (χ3v) is 3.79. The molecule has 114 valence electrons. The van der Waals surface area contributed by atoms with Gasteiger partial charge in [-0.1, -0.05) is 26.8 Å². The maximum Gasteiger partial charge on any atom is 0.231 e. The van der Waals surface area contributed by atoms with E-state index in [4.69, 9.17) is 5.73 Å². The smallest absolute Gasteiger partial charge is 0.231 e. The Hall–Kier alpha value is -1.88. The molecule has 0 heterocycles. The van der Waals surface area contributed by atoms with Crippen molar-refractivity contribution in [3.8, 4) is 0 Å². The molecule has 2 rings (SSSR count). The highest BCUT2D eigenvalue weighted by molar-refractivity contribution is 5.99. The summed E-state index contributed by atoms with van der Waals surface area (Å²) in [6.07, 6.45) is 1.69. The highest BCUT2D eigenvalue weighted by Crippen LogP contribution is 2.45. The van der Waals surface area contributed by atoms with Crippen LogP contribution in [-0.4, -0.2) is 18.4 Å². The first-order valence-corrected chi connectivity index (χ1v) is 7.20. The molecule has 2 amide bonds. The predicted molar refractivity (Wildman–Crippen MR) is 83.9 cm³/mol. The number of hydrogen-bond donors (Lipinski definition) is 3. The topological polar surface area (TPSA) is 84.2 Å². The zero-order valence-electron chi connectivity index (χ0n) is 12.8. The van der Waals surface area contributed by atoms with Gasteiger partial charge < -0.3 is 16.4 Å². The third kappa shape index (κ3) is 3.61. The summed E-state index contributed by atoms with van der Waals surface area (Å²) in [6, 6.07) is 7.16. The Morgan fingerprint density at radius 2 is 1.76 bits per heavy atom. The van der Waals surface area contributed by atoms with Crippen molar-refractivity contribution < 1.29 is 9.59 Å². The molecule has 1 aliphatic carbocycles. The van der Waals surface area contributed by atoms with Crippen molar-refractivity contribution in [2.24, 2.45) is 16.6 Å². The Labute approximate surface area is 125 Å². The first-order valence-electron chi connectivity index (χ1n) is 7.20. The molecule has 21 heavy (non-hydrogen) atoms. The summed E-state index contributed by atoms with van der Waals surface area (Å²) < 4.78 is 0. The number of carbonyl (C=O) groups is 2. The van der Waals surface area contributed by atoms with E-state index in [9.17, 15) is 9.59 Å². The number of nitrogens with two attached hydrogens (primary N) is 1. The zero-order valence-corrected chi connectivity index (χ0v) is 12.8. The normalized spacial score (nSPS) is 16.2. The molecule has 1 aromatic carbocycles. The number of nitrogens with one attached hydrogen (secondary N) is 2. The first-order chi connectivity index (χ1) is 9.77. The fourth-order valence-electron chi connectivity index (χ4n) is 1.93. The van der Waals surface area contributed by atoms with Crippen LogP contribution in [0.3, 0.4) is 0 Å². The second kappa shape index (κ2) is 5.48. The molecule has 1 fully saturated rings. The summed E-state index contributed by atoms with van der Waals surface area (Å²) in [5.41, 5.74) is 6.15. The van der Waals surface area contributed by atoms with E-state index >= 15 is 0 Å². The zero-order chi connectivity index (χ0) is 15.7. The van der Waals surface area contributed by atoms with Crippen molar-refractivity contribution >= 4 is 23.2 Å². The van der Waals surface area contributed by atoms with Gasteiger partial charge in [0.15, 0.2) is 0 Å². The van der Waals surface area contributed by atoms with E-state index in [1.165, 1.54) is 0 Å². The first kappa shape index (κ1) is 15.5. The lowest BCUT2D eigenvalue weighted by Gasteiger charge is -2.18. The standard InChI is InChI=1S/C16H23N3O2/c1-15(2,3)13(20)18-11-5-4-6-12(9-11)19-14(21)16(10-17)7-8-16/h4-6,9H,7-8,10,17H2,1-3H3,(H,18,20)(H,19,21). The van der Waals surface area contributed by atoms with Gasteiger partial charge in [0.25, 0.3) is 0 Å². The number of amides is 2. The SMILES string of the molecule is CC(C)(C)C(=O)Nc1cccc(NC(=O)C2(CN)CC2)c1. The minimum absolute atomic E-state index is 0.0377. The minimum atomic E-state index is -0.461. The highest BCUT2D eigenvalue weighted by atomic mass is 16.2. The van der Waals surface area contributed by atoms with Gasteiger partial charge in [-0.3, -0.25) is 9.59 Å². The molecule has 0 bridgehead atoms. The Morgan fingerprint density at radius 1 is 1.19 bits per heavy atom. The number of rotatable bonds is 4. The molecule has 0 aliphatic heterocycles. The van der Waals surface area contributed by atoms with Gasteiger partial charge in [0, 0.05) is 23.3 Å². The molecule has 0 aromatic heterocycles. The highest BCUT2D eigenvalue weighted by Gasteiger charge is 2.48. The van der Waals surface area contributed by atoms with Crippen LogP contribution in [-0.2, 0) is 9.59 Å². The monoisotopic (exact) mass is 289 g/mol. The van der Waals surface area contributed by atoms with Crippen molar-refractivity contribution in [2.75, 3.05) is 17.2 Å². The van der Waals surface area contributed by atoms with Crippen LogP contribution in [0.1, 0.15) is 33.6 Å². The average molecular weight is 289 g/mol.